The van der Waals surface area contributed by atoms with Crippen LogP contribution < -0.4 is 0 Å². The summed E-state index contributed by atoms with van der Waals surface area (Å²) < 4.78 is 185. The van der Waals surface area contributed by atoms with Crippen LogP contribution in [0.1, 0.15) is 139 Å². The normalized spacial score (nSPS) is 18.6. The number of fused-ring (bicyclic) bond motifs is 1. The summed E-state index contributed by atoms with van der Waals surface area (Å²) in [6.07, 6.45) is 1.67. The number of phenols is 1. The van der Waals surface area contributed by atoms with Crippen molar-refractivity contribution in [3.05, 3.63) is 167 Å². The van der Waals surface area contributed by atoms with Gasteiger partial charge >= 0.3 is 0 Å². The summed E-state index contributed by atoms with van der Waals surface area (Å²) in [6, 6.07) is 37.9. The van der Waals surface area contributed by atoms with Crippen molar-refractivity contribution >= 4 is 11.0 Å². The van der Waals surface area contributed by atoms with Crippen LogP contribution in [0.2, 0.25) is 0 Å². The predicted octanol–water partition coefficient (Wildman–Crippen LogP) is 15.8. The number of benzene rings is 6. The number of aromatic nitrogens is 3. The summed E-state index contributed by atoms with van der Waals surface area (Å²) in [6.45, 7) is -15.6. The fourth-order valence-electron chi connectivity index (χ4n) is 7.80. The number of hydrogen-bond donors (Lipinski definition) is 1. The molecule has 8 aromatic rings. The molecule has 0 aliphatic carbocycles. The second-order valence-corrected chi connectivity index (χ2v) is 18.2. The Balaban J connectivity index is 0.0000104. The van der Waals surface area contributed by atoms with E-state index < -0.39 is 92.5 Å². The molecule has 0 aliphatic heterocycles. The SMILES string of the molecule is [2H]C([2H])([2H])c1cc(-c2ccccc2)ccc1-n1c(-c2cc(C(C([2H])([2H])[2H])(C([2H])([2H])[2H])C([2H])([2H])[2H])cc(C(C([2H])([2H])[2H])(C([2H])([2H])[2H])C([2H])([2H])[2H])c2O)nc2c(-c3[c-]c(-c4cc(-c5ccc(C(C)(C)C)cc5)ccn4)cc(C(C)(C)C)c3)cccc21.[Pt]. The molecule has 0 saturated carbocycles. The molecule has 0 aliphatic rings. The van der Waals surface area contributed by atoms with Gasteiger partial charge in [-0.15, -0.1) is 29.3 Å². The van der Waals surface area contributed by atoms with Gasteiger partial charge in [0.25, 0.3) is 0 Å². The molecule has 64 heavy (non-hydrogen) atoms. The van der Waals surface area contributed by atoms with Gasteiger partial charge < -0.3 is 5.11 Å². The van der Waals surface area contributed by atoms with Crippen LogP contribution >= 0.6 is 0 Å². The van der Waals surface area contributed by atoms with E-state index in [4.69, 9.17) is 38.8 Å². The topological polar surface area (TPSA) is 50.9 Å². The van der Waals surface area contributed by atoms with Crippen molar-refractivity contribution in [2.45, 2.75) is 111 Å². The van der Waals surface area contributed by atoms with Crippen LogP contribution in [0.4, 0.5) is 0 Å². The Morgan fingerprint density at radius 1 is 0.562 bits per heavy atom. The third kappa shape index (κ3) is 9.18. The third-order valence-corrected chi connectivity index (χ3v) is 11.4. The quantitative estimate of drug-likeness (QED) is 0.169. The van der Waals surface area contributed by atoms with Gasteiger partial charge in [0, 0.05) is 67.3 Å². The van der Waals surface area contributed by atoms with Gasteiger partial charge in [-0.05, 0) is 97.8 Å². The number of aryl methyl sites for hydroxylation is 1. The average molecular weight is 1050 g/mol. The molecular formula is C59H62N3OPt-. The number of pyridine rings is 1. The van der Waals surface area contributed by atoms with Gasteiger partial charge in [-0.1, -0.05) is 179 Å². The van der Waals surface area contributed by atoms with Crippen LogP contribution in [0.3, 0.4) is 0 Å². The van der Waals surface area contributed by atoms with Gasteiger partial charge in [0.05, 0.1) is 22.3 Å². The average Bonchev–Trinajstić information content (AvgIpc) is 1.09. The molecule has 0 fully saturated rings. The molecule has 2 heterocycles. The van der Waals surface area contributed by atoms with E-state index in [1.165, 1.54) is 22.8 Å². The third-order valence-electron chi connectivity index (χ3n) is 11.4. The fraction of sp³-hybridized carbons (Fsp3) is 0.288. The van der Waals surface area contributed by atoms with Crippen LogP contribution in [0.15, 0.2) is 134 Å². The Bertz CT molecular complexity index is 3710. The number of nitrogens with zero attached hydrogens (tertiary/aromatic N) is 3. The van der Waals surface area contributed by atoms with Gasteiger partial charge in [-0.2, -0.15) is 0 Å². The summed E-state index contributed by atoms with van der Waals surface area (Å²) in [5.74, 6) is -2.14. The Morgan fingerprint density at radius 2 is 1.20 bits per heavy atom. The Kier molecular flexibility index (Phi) is 7.05. The standard InChI is InChI=1S/C59H62N3O.Pt/c1-37-30-40(38-18-15-14-16-19-38)24-27-51(37)62-52-21-17-20-47(53(52)61-55(62)48-35-46(58(8,9)10)36-49(54(48)63)59(11,12)13)42-31-43(33-45(32-42)57(5,6)7)50-34-41(28-29-60-50)39-22-25-44(26-23-39)56(2,3)4;/h14-30,32-36,63H,1-13H3;/q-1;/i1D3,8D3,9D3,10D3,11D3,12D3,13D3;. The molecule has 330 valence electrons. The predicted molar refractivity (Wildman–Crippen MR) is 266 cm³/mol. The largest absolute Gasteiger partial charge is 0.507 e. The summed E-state index contributed by atoms with van der Waals surface area (Å²) in [5, 5.41) is 13.0. The summed E-state index contributed by atoms with van der Waals surface area (Å²) >= 11 is 0. The monoisotopic (exact) mass is 1040 g/mol. The van der Waals surface area contributed by atoms with E-state index in [1.54, 1.807) is 54.7 Å². The van der Waals surface area contributed by atoms with Gasteiger partial charge in [0.15, 0.2) is 0 Å². The molecule has 5 heteroatoms. The number of phenolic OH excluding ortho intramolecular Hbond substituents is 1. The van der Waals surface area contributed by atoms with E-state index in [9.17, 15) is 5.11 Å². The molecule has 6 aromatic carbocycles. The molecule has 0 radical (unpaired) electrons. The van der Waals surface area contributed by atoms with Crippen LogP contribution in [0.25, 0.3) is 72.7 Å². The van der Waals surface area contributed by atoms with Gasteiger partial charge in [0.2, 0.25) is 0 Å². The van der Waals surface area contributed by atoms with E-state index >= 15 is 0 Å². The smallest absolute Gasteiger partial charge is 0.148 e. The van der Waals surface area contributed by atoms with Gasteiger partial charge in [0.1, 0.15) is 11.6 Å². The molecular weight excluding hydrogens is 962 g/mol. The summed E-state index contributed by atoms with van der Waals surface area (Å²) in [5.41, 5.74) is -6.94. The maximum atomic E-state index is 13.0. The molecule has 4 nitrogen and oxygen atoms in total. The molecule has 0 spiro atoms. The van der Waals surface area contributed by atoms with E-state index in [-0.39, 0.29) is 60.4 Å². The molecule has 0 atom stereocenters. The maximum absolute atomic E-state index is 13.0. The Morgan fingerprint density at radius 3 is 1.88 bits per heavy atom. The van der Waals surface area contributed by atoms with Crippen molar-refractivity contribution in [1.29, 1.82) is 0 Å². The second kappa shape index (κ2) is 17.1. The van der Waals surface area contributed by atoms with E-state index in [0.717, 1.165) is 22.3 Å². The Labute approximate surface area is 425 Å². The molecule has 8 rings (SSSR count). The minimum Gasteiger partial charge on any atom is -0.507 e. The molecule has 0 saturated heterocycles. The fourth-order valence-corrected chi connectivity index (χ4v) is 7.80. The van der Waals surface area contributed by atoms with Crippen molar-refractivity contribution in [3.63, 3.8) is 0 Å². The number of imidazole rings is 1. The van der Waals surface area contributed by atoms with Crippen molar-refractivity contribution in [3.8, 4) is 67.5 Å². The molecule has 0 unspecified atom stereocenters. The van der Waals surface area contributed by atoms with Crippen molar-refractivity contribution in [1.82, 2.24) is 14.5 Å². The van der Waals surface area contributed by atoms with Gasteiger partial charge in [-0.25, -0.2) is 4.98 Å². The zero-order valence-electron chi connectivity index (χ0n) is 57.3. The maximum Gasteiger partial charge on any atom is 0.148 e. The minimum absolute atomic E-state index is 0. The van der Waals surface area contributed by atoms with Crippen LogP contribution in [-0.2, 0) is 42.7 Å². The summed E-state index contributed by atoms with van der Waals surface area (Å²) in [4.78, 5) is 9.80. The summed E-state index contributed by atoms with van der Waals surface area (Å²) in [7, 11) is 0. The number of rotatable bonds is 6. The second-order valence-electron chi connectivity index (χ2n) is 18.2. The number of para-hydroxylation sites is 1. The molecule has 0 amide bonds. The minimum atomic E-state index is -4.23. The van der Waals surface area contributed by atoms with Crippen molar-refractivity contribution < 1.29 is 55.0 Å². The van der Waals surface area contributed by atoms with Crippen LogP contribution in [0, 0.1) is 12.9 Å². The Hall–Kier alpha value is -5.57. The molecule has 1 N–H and O–H groups in total. The first-order valence-electron chi connectivity index (χ1n) is 31.0. The van der Waals surface area contributed by atoms with Crippen LogP contribution in [0.5, 0.6) is 5.75 Å². The van der Waals surface area contributed by atoms with E-state index in [2.05, 4.69) is 39.0 Å². The van der Waals surface area contributed by atoms with Crippen molar-refractivity contribution in [2.24, 2.45) is 0 Å². The van der Waals surface area contributed by atoms with E-state index in [0.29, 0.717) is 34.0 Å². The van der Waals surface area contributed by atoms with E-state index in [1.807, 2.05) is 57.2 Å². The van der Waals surface area contributed by atoms with Crippen molar-refractivity contribution in [2.75, 3.05) is 0 Å². The number of hydrogen-bond acceptors (Lipinski definition) is 3. The van der Waals surface area contributed by atoms with Crippen LogP contribution in [-0.4, -0.2) is 19.6 Å². The first-order valence-corrected chi connectivity index (χ1v) is 20.5. The zero-order chi connectivity index (χ0) is 62.7. The molecule has 0 bridgehead atoms. The van der Waals surface area contributed by atoms with Gasteiger partial charge in [-0.3, -0.25) is 9.55 Å². The first-order chi connectivity index (χ1) is 38.3. The first kappa shape index (κ1) is 26.4. The number of aromatic hydroxyl groups is 1. The molecule has 2 aromatic heterocycles. The zero-order valence-corrected chi connectivity index (χ0v) is 38.6.